The molecule has 2 aromatic heterocycles. The van der Waals surface area contributed by atoms with Crippen molar-refractivity contribution in [1.29, 1.82) is 4.78 Å². The molecule has 3 heterocycles. The summed E-state index contributed by atoms with van der Waals surface area (Å²) in [5.74, 6) is 1.42. The lowest BCUT2D eigenvalue weighted by Crippen LogP contribution is -2.42. The second-order valence-electron chi connectivity index (χ2n) is 8.17. The van der Waals surface area contributed by atoms with Gasteiger partial charge in [0.25, 0.3) is 0 Å². The molecule has 1 aromatic carbocycles. The van der Waals surface area contributed by atoms with Crippen molar-refractivity contribution in [3.05, 3.63) is 36.0 Å². The Hall–Kier alpha value is -2.72. The van der Waals surface area contributed by atoms with Crippen molar-refractivity contribution in [2.75, 3.05) is 36.6 Å². The Morgan fingerprint density at radius 3 is 2.73 bits per heavy atom. The van der Waals surface area contributed by atoms with Crippen molar-refractivity contribution in [3.63, 3.8) is 0 Å². The van der Waals surface area contributed by atoms with Crippen LogP contribution in [-0.4, -0.2) is 55.8 Å². The molecule has 5 rings (SSSR count). The summed E-state index contributed by atoms with van der Waals surface area (Å²) in [6.07, 6.45) is 2.95. The fourth-order valence-corrected chi connectivity index (χ4v) is 5.54. The Morgan fingerprint density at radius 2 is 2.03 bits per heavy atom. The highest BCUT2D eigenvalue weighted by atomic mass is 32.2. The van der Waals surface area contributed by atoms with E-state index in [0.717, 1.165) is 16.9 Å². The number of fused-ring (bicyclic) bond motifs is 1. The van der Waals surface area contributed by atoms with Crippen LogP contribution in [0.2, 0.25) is 0 Å². The first-order chi connectivity index (χ1) is 14.3. The zero-order valence-electron chi connectivity index (χ0n) is 17.0. The summed E-state index contributed by atoms with van der Waals surface area (Å²) in [4.78, 5) is 16.2. The van der Waals surface area contributed by atoms with E-state index in [0.29, 0.717) is 50.1 Å². The van der Waals surface area contributed by atoms with Gasteiger partial charge in [0.2, 0.25) is 11.9 Å². The number of ether oxygens (including phenoxy) is 1. The highest BCUT2D eigenvalue weighted by Crippen LogP contribution is 2.52. The molecule has 2 aliphatic rings. The van der Waals surface area contributed by atoms with Gasteiger partial charge in [0.15, 0.2) is 0 Å². The van der Waals surface area contributed by atoms with Gasteiger partial charge in [-0.1, -0.05) is 12.1 Å². The van der Waals surface area contributed by atoms with Gasteiger partial charge in [-0.15, -0.1) is 0 Å². The third kappa shape index (κ3) is 3.02. The number of imidazole rings is 1. The zero-order chi connectivity index (χ0) is 21.1. The van der Waals surface area contributed by atoms with Crippen molar-refractivity contribution < 1.29 is 8.95 Å². The summed E-state index contributed by atoms with van der Waals surface area (Å²) in [5, 5.41) is 0. The number of morpholine rings is 1. The molecule has 1 aliphatic carbocycles. The predicted molar refractivity (Wildman–Crippen MR) is 116 cm³/mol. The maximum Gasteiger partial charge on any atom is 0.239 e. The first-order valence-corrected chi connectivity index (χ1v) is 12.0. The average molecular weight is 428 g/mol. The normalized spacial score (nSPS) is 22.7. The summed E-state index contributed by atoms with van der Waals surface area (Å²) in [6, 6.07) is 9.52. The molecular formula is C20H25N7O2S. The van der Waals surface area contributed by atoms with Gasteiger partial charge < -0.3 is 15.4 Å². The molecule has 0 spiro atoms. The minimum Gasteiger partial charge on any atom is -0.375 e. The monoisotopic (exact) mass is 427 g/mol. The highest BCUT2D eigenvalue weighted by molar-refractivity contribution is 7.92. The van der Waals surface area contributed by atoms with Crippen LogP contribution in [0.25, 0.3) is 17.0 Å². The predicted octanol–water partition coefficient (Wildman–Crippen LogP) is 2.29. The molecule has 1 aliphatic heterocycles. The first kappa shape index (κ1) is 19.3. The lowest BCUT2D eigenvalue weighted by molar-refractivity contribution is 0.0529. The van der Waals surface area contributed by atoms with Crippen LogP contribution >= 0.6 is 0 Å². The van der Waals surface area contributed by atoms with Crippen LogP contribution < -0.4 is 10.6 Å². The number of aromatic nitrogens is 4. The van der Waals surface area contributed by atoms with Gasteiger partial charge in [-0.25, -0.2) is 18.7 Å². The van der Waals surface area contributed by atoms with E-state index >= 15 is 0 Å². The fourth-order valence-electron chi connectivity index (χ4n) is 4.16. The molecule has 30 heavy (non-hydrogen) atoms. The number of hydrogen-bond donors (Lipinski definition) is 2. The van der Waals surface area contributed by atoms with Crippen LogP contribution in [0.4, 0.5) is 11.8 Å². The molecule has 3 N–H and O–H groups in total. The average Bonchev–Trinajstić information content (AvgIpc) is 3.46. The van der Waals surface area contributed by atoms with Crippen molar-refractivity contribution in [2.45, 2.75) is 30.6 Å². The summed E-state index contributed by atoms with van der Waals surface area (Å²) in [7, 11) is -2.83. The molecule has 2 unspecified atom stereocenters. The molecule has 2 atom stereocenters. The van der Waals surface area contributed by atoms with E-state index in [-0.39, 0.29) is 6.10 Å². The van der Waals surface area contributed by atoms with Gasteiger partial charge in [0.05, 0.1) is 43.9 Å². The van der Waals surface area contributed by atoms with Gasteiger partial charge in [0, 0.05) is 25.4 Å². The topological polar surface area (TPSA) is 123 Å². The number of nitrogen functional groups attached to an aromatic ring is 1. The number of nitrogens with two attached hydrogens (primary N) is 1. The van der Waals surface area contributed by atoms with E-state index in [9.17, 15) is 4.21 Å². The van der Waals surface area contributed by atoms with Gasteiger partial charge in [-0.2, -0.15) is 4.98 Å². The Balaban J connectivity index is 1.72. The largest absolute Gasteiger partial charge is 0.375 e. The third-order valence-corrected chi connectivity index (χ3v) is 8.08. The number of nitrogens with zero attached hydrogens (tertiary/aromatic N) is 5. The maximum atomic E-state index is 12.8. The van der Waals surface area contributed by atoms with E-state index in [2.05, 4.69) is 9.88 Å². The molecule has 0 amide bonds. The lowest BCUT2D eigenvalue weighted by Gasteiger charge is -2.32. The van der Waals surface area contributed by atoms with Gasteiger partial charge >= 0.3 is 0 Å². The quantitative estimate of drug-likeness (QED) is 0.655. The molecular weight excluding hydrogens is 402 g/mol. The van der Waals surface area contributed by atoms with Crippen LogP contribution in [0.1, 0.15) is 25.5 Å². The fraction of sp³-hybridized carbons (Fsp3) is 0.450. The molecule has 0 bridgehead atoms. The molecule has 2 fully saturated rings. The highest BCUT2D eigenvalue weighted by Gasteiger charge is 2.53. The molecule has 1 saturated carbocycles. The second-order valence-corrected chi connectivity index (χ2v) is 10.6. The zero-order valence-corrected chi connectivity index (χ0v) is 17.9. The van der Waals surface area contributed by atoms with E-state index in [1.54, 1.807) is 4.57 Å². The van der Waals surface area contributed by atoms with Crippen LogP contribution in [0.5, 0.6) is 0 Å². The Labute approximate surface area is 175 Å². The van der Waals surface area contributed by atoms with Crippen molar-refractivity contribution in [3.8, 4) is 5.95 Å². The number of para-hydroxylation sites is 2. The summed E-state index contributed by atoms with van der Waals surface area (Å²) in [6.45, 7) is 4.04. The molecule has 9 nitrogen and oxygen atoms in total. The van der Waals surface area contributed by atoms with Crippen molar-refractivity contribution >= 4 is 32.5 Å². The third-order valence-electron chi connectivity index (χ3n) is 5.97. The number of hydrogen-bond acceptors (Lipinski definition) is 8. The van der Waals surface area contributed by atoms with E-state index in [1.807, 2.05) is 37.3 Å². The summed E-state index contributed by atoms with van der Waals surface area (Å²) >= 11 is 0. The summed E-state index contributed by atoms with van der Waals surface area (Å²) < 4.78 is 27.8. The maximum absolute atomic E-state index is 12.8. The Morgan fingerprint density at radius 1 is 1.27 bits per heavy atom. The van der Waals surface area contributed by atoms with Crippen LogP contribution in [0.3, 0.4) is 0 Å². The van der Waals surface area contributed by atoms with E-state index < -0.39 is 14.5 Å². The molecule has 3 aromatic rings. The standard InChI is InChI=1S/C20H25N7O2S/c1-13-12-26(9-10-29-13)17-11-16(20(7-8-20)30(2,22)28)24-19(25-17)27-15-6-4-3-5-14(15)23-18(27)21/h3-6,11,13,22H,7-10,12H2,1-2H3,(H2,21,23). The molecule has 158 valence electrons. The van der Waals surface area contributed by atoms with Crippen molar-refractivity contribution in [2.24, 2.45) is 0 Å². The number of benzene rings is 1. The SMILES string of the molecule is CC1CN(c2cc(C3(S(C)(=N)=O)CC3)nc(-n3c(N)nc4ccccc43)n2)CCO1. The van der Waals surface area contributed by atoms with Crippen LogP contribution in [0, 0.1) is 4.78 Å². The number of nitrogens with one attached hydrogen (secondary N) is 1. The second kappa shape index (κ2) is 6.64. The minimum atomic E-state index is -2.83. The summed E-state index contributed by atoms with van der Waals surface area (Å²) in [5.41, 5.74) is 8.44. The first-order valence-electron chi connectivity index (χ1n) is 10.0. The van der Waals surface area contributed by atoms with Crippen LogP contribution in [0.15, 0.2) is 30.3 Å². The van der Waals surface area contributed by atoms with Crippen molar-refractivity contribution in [1.82, 2.24) is 19.5 Å². The smallest absolute Gasteiger partial charge is 0.239 e. The van der Waals surface area contributed by atoms with Gasteiger partial charge in [-0.05, 0) is 31.9 Å². The number of rotatable bonds is 4. The van der Waals surface area contributed by atoms with Gasteiger partial charge in [-0.3, -0.25) is 4.78 Å². The Bertz CT molecular complexity index is 1230. The molecule has 0 radical (unpaired) electrons. The number of anilines is 2. The Kier molecular flexibility index (Phi) is 4.26. The molecule has 1 saturated heterocycles. The van der Waals surface area contributed by atoms with E-state index in [1.165, 1.54) is 6.26 Å². The van der Waals surface area contributed by atoms with Gasteiger partial charge in [0.1, 0.15) is 5.82 Å². The molecule has 10 heteroatoms. The van der Waals surface area contributed by atoms with Crippen LogP contribution in [-0.2, 0) is 19.2 Å². The van der Waals surface area contributed by atoms with E-state index in [4.69, 9.17) is 25.2 Å². The lowest BCUT2D eigenvalue weighted by atomic mass is 10.2. The minimum absolute atomic E-state index is 0.0845.